The van der Waals surface area contributed by atoms with Gasteiger partial charge in [-0.05, 0) is 32.0 Å². The van der Waals surface area contributed by atoms with Crippen molar-refractivity contribution in [1.29, 1.82) is 0 Å². The molecule has 0 bridgehead atoms. The molecule has 1 aromatic rings. The Kier molecular flexibility index (Phi) is 4.65. The predicted molar refractivity (Wildman–Crippen MR) is 68.4 cm³/mol. The van der Waals surface area contributed by atoms with Crippen molar-refractivity contribution >= 4 is 27.5 Å². The molecular weight excluding hydrogens is 289 g/mol. The molecule has 94 valence electrons. The second-order valence-electron chi connectivity index (χ2n) is 4.31. The lowest BCUT2D eigenvalue weighted by molar-refractivity contribution is -0.121. The number of ether oxygens (including phenoxy) is 1. The first-order chi connectivity index (χ1) is 7.84. The van der Waals surface area contributed by atoms with E-state index < -0.39 is 11.4 Å². The smallest absolute Gasteiger partial charge is 0.227 e. The molecule has 0 aromatic heterocycles. The number of carbonyl (C=O) groups is 1. The first-order valence-electron chi connectivity index (χ1n) is 5.14. The van der Waals surface area contributed by atoms with E-state index in [2.05, 4.69) is 21.2 Å². The van der Waals surface area contributed by atoms with Gasteiger partial charge >= 0.3 is 0 Å². The summed E-state index contributed by atoms with van der Waals surface area (Å²) < 4.78 is 19.2. The summed E-state index contributed by atoms with van der Waals surface area (Å²) in [6, 6.07) is 4.48. The second kappa shape index (κ2) is 5.60. The van der Waals surface area contributed by atoms with Crippen LogP contribution in [-0.4, -0.2) is 18.6 Å². The average Bonchev–Trinajstić information content (AvgIpc) is 2.21. The highest BCUT2D eigenvalue weighted by atomic mass is 79.9. The lowest BCUT2D eigenvalue weighted by Crippen LogP contribution is -2.29. The summed E-state index contributed by atoms with van der Waals surface area (Å²) in [5.74, 6) is -0.749. The molecule has 0 aliphatic rings. The third-order valence-electron chi connectivity index (χ3n) is 2.34. The van der Waals surface area contributed by atoms with Crippen LogP contribution in [0.25, 0.3) is 0 Å². The third kappa shape index (κ3) is 4.44. The summed E-state index contributed by atoms with van der Waals surface area (Å²) in [4.78, 5) is 11.7. The Hall–Kier alpha value is -0.940. The summed E-state index contributed by atoms with van der Waals surface area (Å²) in [6.45, 7) is 3.59. The summed E-state index contributed by atoms with van der Waals surface area (Å²) >= 11 is 3.15. The van der Waals surface area contributed by atoms with Crippen LogP contribution in [0.15, 0.2) is 22.7 Å². The van der Waals surface area contributed by atoms with Gasteiger partial charge < -0.3 is 10.1 Å². The van der Waals surface area contributed by atoms with Crippen molar-refractivity contribution in [3.05, 3.63) is 28.5 Å². The predicted octanol–water partition coefficient (Wildman–Crippen LogP) is 3.34. The van der Waals surface area contributed by atoms with E-state index in [1.807, 2.05) is 0 Å². The molecule has 0 heterocycles. The van der Waals surface area contributed by atoms with E-state index in [9.17, 15) is 9.18 Å². The zero-order chi connectivity index (χ0) is 13.1. The molecule has 0 radical (unpaired) electrons. The third-order valence-corrected chi connectivity index (χ3v) is 2.84. The number of halogens is 2. The van der Waals surface area contributed by atoms with Crippen LogP contribution in [0.1, 0.15) is 20.3 Å². The fraction of sp³-hybridized carbons (Fsp3) is 0.417. The lowest BCUT2D eigenvalue weighted by Gasteiger charge is -2.22. The number of methoxy groups -OCH3 is 1. The monoisotopic (exact) mass is 303 g/mol. The maximum absolute atomic E-state index is 13.4. The zero-order valence-electron chi connectivity index (χ0n) is 10.0. The van der Waals surface area contributed by atoms with Gasteiger partial charge in [-0.3, -0.25) is 4.79 Å². The molecule has 0 saturated heterocycles. The molecule has 0 fully saturated rings. The fourth-order valence-electron chi connectivity index (χ4n) is 1.24. The van der Waals surface area contributed by atoms with Crippen LogP contribution in [0, 0.1) is 5.82 Å². The van der Waals surface area contributed by atoms with Crippen LogP contribution >= 0.6 is 15.9 Å². The molecule has 3 nitrogen and oxygen atoms in total. The maximum atomic E-state index is 13.4. The van der Waals surface area contributed by atoms with Crippen molar-refractivity contribution in [2.24, 2.45) is 0 Å². The van der Waals surface area contributed by atoms with Crippen molar-refractivity contribution in [3.63, 3.8) is 0 Å². The van der Waals surface area contributed by atoms with Crippen LogP contribution < -0.4 is 5.32 Å². The van der Waals surface area contributed by atoms with E-state index >= 15 is 0 Å². The van der Waals surface area contributed by atoms with Gasteiger partial charge in [0.2, 0.25) is 5.91 Å². The number of carbonyl (C=O) groups excluding carboxylic acids is 1. The van der Waals surface area contributed by atoms with E-state index in [-0.39, 0.29) is 18.0 Å². The minimum atomic E-state index is -0.560. The Balaban J connectivity index is 2.69. The van der Waals surface area contributed by atoms with Gasteiger partial charge in [-0.1, -0.05) is 15.9 Å². The van der Waals surface area contributed by atoms with E-state index in [0.717, 1.165) is 0 Å². The van der Waals surface area contributed by atoms with Crippen molar-refractivity contribution in [1.82, 2.24) is 0 Å². The Morgan fingerprint density at radius 2 is 2.18 bits per heavy atom. The first-order valence-corrected chi connectivity index (χ1v) is 5.93. The summed E-state index contributed by atoms with van der Waals surface area (Å²) in [6.07, 6.45) is 0.166. The SMILES string of the molecule is COC(C)(C)CC(=O)Nc1ccc(Br)cc1F. The van der Waals surface area contributed by atoms with Crippen molar-refractivity contribution in [3.8, 4) is 0 Å². The first kappa shape index (κ1) is 14.1. The van der Waals surface area contributed by atoms with Gasteiger partial charge in [0.05, 0.1) is 17.7 Å². The van der Waals surface area contributed by atoms with Crippen molar-refractivity contribution in [2.75, 3.05) is 12.4 Å². The fourth-order valence-corrected chi connectivity index (χ4v) is 1.58. The highest BCUT2D eigenvalue weighted by Gasteiger charge is 2.21. The number of rotatable bonds is 4. The Labute approximate surface area is 108 Å². The molecule has 0 aliphatic heterocycles. The Morgan fingerprint density at radius 1 is 1.53 bits per heavy atom. The molecule has 17 heavy (non-hydrogen) atoms. The highest BCUT2D eigenvalue weighted by Crippen LogP contribution is 2.20. The van der Waals surface area contributed by atoms with Crippen LogP contribution in [0.5, 0.6) is 0 Å². The van der Waals surface area contributed by atoms with Gasteiger partial charge in [0.25, 0.3) is 0 Å². The standard InChI is InChI=1S/C12H15BrFNO2/c1-12(2,17-3)7-11(16)15-10-5-4-8(13)6-9(10)14/h4-6H,7H2,1-3H3,(H,15,16). The highest BCUT2D eigenvalue weighted by molar-refractivity contribution is 9.10. The van der Waals surface area contributed by atoms with E-state index in [1.54, 1.807) is 19.9 Å². The van der Waals surface area contributed by atoms with Crippen LogP contribution in [0.2, 0.25) is 0 Å². The van der Waals surface area contributed by atoms with Gasteiger partial charge in [0, 0.05) is 11.6 Å². The number of hydrogen-bond donors (Lipinski definition) is 1. The molecule has 5 heteroatoms. The molecule has 0 atom stereocenters. The number of hydrogen-bond acceptors (Lipinski definition) is 2. The van der Waals surface area contributed by atoms with Crippen molar-refractivity contribution in [2.45, 2.75) is 25.9 Å². The molecule has 0 unspecified atom stereocenters. The summed E-state index contributed by atoms with van der Waals surface area (Å²) in [5.41, 5.74) is -0.388. The van der Waals surface area contributed by atoms with E-state index in [0.29, 0.717) is 4.47 Å². The quantitative estimate of drug-likeness (QED) is 0.926. The number of benzene rings is 1. The summed E-state index contributed by atoms with van der Waals surface area (Å²) in [7, 11) is 1.54. The molecule has 1 N–H and O–H groups in total. The van der Waals surface area contributed by atoms with Crippen molar-refractivity contribution < 1.29 is 13.9 Å². The van der Waals surface area contributed by atoms with Gasteiger partial charge in [0.1, 0.15) is 5.82 Å². The van der Waals surface area contributed by atoms with E-state index in [1.165, 1.54) is 19.2 Å². The molecule has 0 aliphatic carbocycles. The maximum Gasteiger partial charge on any atom is 0.227 e. The van der Waals surface area contributed by atoms with Gasteiger partial charge in [-0.2, -0.15) is 0 Å². The molecule has 0 saturated carbocycles. The van der Waals surface area contributed by atoms with E-state index in [4.69, 9.17) is 4.74 Å². The molecular formula is C12H15BrFNO2. The average molecular weight is 304 g/mol. The number of anilines is 1. The number of nitrogens with one attached hydrogen (secondary N) is 1. The Bertz CT molecular complexity index is 421. The minimum Gasteiger partial charge on any atom is -0.378 e. The largest absolute Gasteiger partial charge is 0.378 e. The van der Waals surface area contributed by atoms with Crippen LogP contribution in [-0.2, 0) is 9.53 Å². The molecule has 1 aromatic carbocycles. The molecule has 1 rings (SSSR count). The van der Waals surface area contributed by atoms with Gasteiger partial charge in [-0.15, -0.1) is 0 Å². The second-order valence-corrected chi connectivity index (χ2v) is 5.23. The van der Waals surface area contributed by atoms with Crippen LogP contribution in [0.4, 0.5) is 10.1 Å². The molecule has 0 spiro atoms. The zero-order valence-corrected chi connectivity index (χ0v) is 11.6. The van der Waals surface area contributed by atoms with Crippen LogP contribution in [0.3, 0.4) is 0 Å². The Morgan fingerprint density at radius 3 is 2.71 bits per heavy atom. The topological polar surface area (TPSA) is 38.3 Å². The normalized spacial score (nSPS) is 11.4. The minimum absolute atomic E-state index is 0.166. The lowest BCUT2D eigenvalue weighted by atomic mass is 10.0. The van der Waals surface area contributed by atoms with Gasteiger partial charge in [-0.25, -0.2) is 4.39 Å². The summed E-state index contributed by atoms with van der Waals surface area (Å²) in [5, 5.41) is 2.51. The molecule has 1 amide bonds. The number of amides is 1. The van der Waals surface area contributed by atoms with Gasteiger partial charge in [0.15, 0.2) is 0 Å².